The Hall–Kier alpha value is -4.92. The first-order valence-electron chi connectivity index (χ1n) is 31.7. The third kappa shape index (κ3) is 19.0. The number of halogens is 6. The number of Topliss-reactive ketones (excluding diaryl/α,β-unsaturated/α-hetero) is 3. The standard InChI is InChI=1S/2C14H14IO2.2C13H16F2O3.C10H16O4S.C6H15N/c2*1-16-13-7-3-11(4-8-13)15-12-5-9-14(17-2)10-6-12;2*1-12(14,15)11(17)18-13-4-7-2-8(5-13)10(16)9(3-7)6-13;1-9(2)7-3-4-10(9,8(11)5-7)6-15(12,13)14;1-4-7(5-2)6-3/h2*3-10H,1-2H3;2*7-9H,2-6H2,1H3;7H,3-6H2,1-2H3,(H,12,13,14);4-6H2,1-3H3/q2*+1;;;;/p+1. The lowest BCUT2D eigenvalue weighted by Gasteiger charge is -2.54. The van der Waals surface area contributed by atoms with E-state index in [-0.39, 0.29) is 94.8 Å². The SMILES string of the molecule is CC(F)(F)C(=O)OC12CC3CC(C1)C(=O)C(C3)C2.CC(F)(F)C(=O)OC12CC3CC(C1)C(=O)C(C3)C2.CC1(C)C2CCC1(CS(=O)(=O)O)C(=O)C2.CC[NH+](CC)CC.COc1ccc([I+]c2ccc(OC)cc2)cc1.COc1ccc([I+]c2ccc(OC)cc2)cc1. The molecule has 0 spiro atoms. The molecule has 0 heterocycles. The quantitative estimate of drug-likeness (QED) is 0.0579. The molecule has 14 rings (SSSR count). The summed E-state index contributed by atoms with van der Waals surface area (Å²) in [6, 6.07) is 33.2. The van der Waals surface area contributed by atoms with Crippen molar-refractivity contribution in [3.05, 3.63) is 111 Å². The van der Waals surface area contributed by atoms with Crippen LogP contribution in [0.15, 0.2) is 97.1 Å². The van der Waals surface area contributed by atoms with Crippen LogP contribution in [0.5, 0.6) is 23.0 Å². The highest BCUT2D eigenvalue weighted by Gasteiger charge is 2.65. The van der Waals surface area contributed by atoms with Gasteiger partial charge in [-0.05, 0) is 218 Å². The fourth-order valence-corrected chi connectivity index (χ4v) is 20.7. The van der Waals surface area contributed by atoms with Crippen molar-refractivity contribution in [2.75, 3.05) is 53.8 Å². The van der Waals surface area contributed by atoms with Crippen molar-refractivity contribution in [1.29, 1.82) is 0 Å². The number of rotatable bonds is 17. The normalized spacial score (nSPS) is 27.3. The van der Waals surface area contributed by atoms with Gasteiger partial charge in [0.15, 0.2) is 14.3 Å². The molecule has 10 saturated carbocycles. The number of carbonyl (C=O) groups is 5. The van der Waals surface area contributed by atoms with Gasteiger partial charge in [0.25, 0.3) is 10.1 Å². The van der Waals surface area contributed by atoms with E-state index in [1.165, 1.54) is 33.9 Å². The van der Waals surface area contributed by atoms with Crippen LogP contribution >= 0.6 is 0 Å². The Balaban J connectivity index is 0.000000159. The van der Waals surface area contributed by atoms with Gasteiger partial charge in [-0.25, -0.2) is 9.59 Å². The first-order chi connectivity index (χ1) is 43.2. The predicted octanol–water partition coefficient (Wildman–Crippen LogP) is 5.53. The number of quaternary nitrogens is 1. The minimum atomic E-state index is -4.08. The number of ether oxygens (including phenoxy) is 6. The van der Waals surface area contributed by atoms with Crippen LogP contribution in [-0.4, -0.2) is 119 Å². The molecule has 506 valence electrons. The summed E-state index contributed by atoms with van der Waals surface area (Å²) < 4.78 is 119. The molecule has 15 nitrogen and oxygen atoms in total. The summed E-state index contributed by atoms with van der Waals surface area (Å²) in [4.78, 5) is 60.1. The van der Waals surface area contributed by atoms with Crippen LogP contribution in [0.25, 0.3) is 0 Å². The number of methoxy groups -OCH3 is 4. The number of hydrogen-bond acceptors (Lipinski definition) is 13. The Kier molecular flexibility index (Phi) is 25.3. The largest absolute Gasteiger partial charge is 0.497 e. The van der Waals surface area contributed by atoms with Crippen molar-refractivity contribution in [3.63, 3.8) is 0 Å². The molecule has 10 fully saturated rings. The maximum Gasteiger partial charge on any atom is 0.377 e. The molecule has 2 N–H and O–H groups in total. The minimum Gasteiger partial charge on any atom is -0.497 e. The molecule has 0 aromatic heterocycles. The Morgan fingerprint density at radius 2 is 0.837 bits per heavy atom. The van der Waals surface area contributed by atoms with E-state index in [0.717, 1.165) is 55.1 Å². The average Bonchev–Trinajstić information content (AvgIpc) is 1.46. The van der Waals surface area contributed by atoms with Gasteiger partial charge in [0.1, 0.15) is 51.5 Å². The zero-order valence-corrected chi connectivity index (χ0v) is 59.9. The Morgan fingerprint density at radius 3 is 1.04 bits per heavy atom. The molecule has 6 atom stereocenters. The molecule has 4 aromatic rings. The number of esters is 2. The monoisotopic (exact) mass is 1530 g/mol. The van der Waals surface area contributed by atoms with Crippen molar-refractivity contribution < 1.29 is 130 Å². The molecule has 0 aliphatic heterocycles. The van der Waals surface area contributed by atoms with Gasteiger partial charge in [0.05, 0.1) is 59.2 Å². The molecule has 4 aromatic carbocycles. The number of benzene rings is 4. The lowest BCUT2D eigenvalue weighted by Crippen LogP contribution is -3.61. The lowest BCUT2D eigenvalue weighted by atomic mass is 9.53. The number of carbonyl (C=O) groups excluding carboxylic acids is 5. The highest BCUT2D eigenvalue weighted by atomic mass is 127. The Bertz CT molecular complexity index is 2960. The van der Waals surface area contributed by atoms with E-state index in [2.05, 4.69) is 69.3 Å². The van der Waals surface area contributed by atoms with Crippen LogP contribution in [0.1, 0.15) is 132 Å². The second-order valence-electron chi connectivity index (χ2n) is 26.4. The third-order valence-corrected chi connectivity index (χ3v) is 26.1. The van der Waals surface area contributed by atoms with Crippen LogP contribution < -0.4 is 66.3 Å². The van der Waals surface area contributed by atoms with Gasteiger partial charge in [-0.1, -0.05) is 13.8 Å². The average molecular weight is 1530 g/mol. The summed E-state index contributed by atoms with van der Waals surface area (Å²) in [5, 5.41) is 0. The van der Waals surface area contributed by atoms with Gasteiger partial charge >= 0.3 is 66.2 Å². The molecule has 22 heteroatoms. The van der Waals surface area contributed by atoms with E-state index < -0.39 is 56.3 Å². The van der Waals surface area contributed by atoms with Crippen LogP contribution in [0.2, 0.25) is 0 Å². The van der Waals surface area contributed by atoms with Gasteiger partial charge in [0.2, 0.25) is 0 Å². The summed E-state index contributed by atoms with van der Waals surface area (Å²) in [6.07, 6.45) is 8.43. The number of alkyl halides is 4. The Labute approximate surface area is 561 Å². The van der Waals surface area contributed by atoms with Crippen molar-refractivity contribution in [1.82, 2.24) is 0 Å². The summed E-state index contributed by atoms with van der Waals surface area (Å²) in [5.74, 6) is -5.34. The van der Waals surface area contributed by atoms with Crippen molar-refractivity contribution in [2.24, 2.45) is 52.3 Å². The zero-order valence-electron chi connectivity index (χ0n) is 54.7. The molecule has 10 aliphatic carbocycles. The zero-order chi connectivity index (χ0) is 67.6. The molecular weight excluding hydrogens is 1440 g/mol. The second-order valence-corrected chi connectivity index (χ2v) is 34.0. The number of nitrogens with one attached hydrogen (secondary N) is 1. The second kappa shape index (κ2) is 31.3. The summed E-state index contributed by atoms with van der Waals surface area (Å²) >= 11 is -0.237. The molecule has 6 unspecified atom stereocenters. The van der Waals surface area contributed by atoms with E-state index in [1.54, 1.807) is 33.3 Å². The highest BCUT2D eigenvalue weighted by molar-refractivity contribution is 7.85. The van der Waals surface area contributed by atoms with Crippen LogP contribution in [0, 0.1) is 66.5 Å². The van der Waals surface area contributed by atoms with Crippen LogP contribution in [-0.2, 0) is 43.6 Å². The fourth-order valence-electron chi connectivity index (χ4n) is 15.1. The van der Waals surface area contributed by atoms with Crippen LogP contribution in [0.3, 0.4) is 0 Å². The van der Waals surface area contributed by atoms with Gasteiger partial charge < -0.3 is 33.3 Å². The predicted molar refractivity (Wildman–Crippen MR) is 330 cm³/mol. The molecule has 92 heavy (non-hydrogen) atoms. The first kappa shape index (κ1) is 74.5. The van der Waals surface area contributed by atoms with Crippen molar-refractivity contribution in [3.8, 4) is 23.0 Å². The van der Waals surface area contributed by atoms with E-state index in [4.69, 9.17) is 33.0 Å². The smallest absolute Gasteiger partial charge is 0.377 e. The fraction of sp³-hybridized carbons (Fsp3) is 0.586. The van der Waals surface area contributed by atoms with E-state index >= 15 is 0 Å². The van der Waals surface area contributed by atoms with Gasteiger partial charge in [-0.2, -0.15) is 26.0 Å². The highest BCUT2D eigenvalue weighted by Crippen LogP contribution is 2.64. The maximum atomic E-state index is 12.9. The lowest BCUT2D eigenvalue weighted by molar-refractivity contribution is -0.894. The molecular formula is C70H92F4I2NO14S+3. The van der Waals surface area contributed by atoms with Gasteiger partial charge in [0, 0.05) is 43.9 Å². The molecule has 0 radical (unpaired) electrons. The topological polar surface area (TPSA) is 200 Å². The Morgan fingerprint density at radius 1 is 0.543 bits per heavy atom. The maximum absolute atomic E-state index is 12.9. The summed E-state index contributed by atoms with van der Waals surface area (Å²) in [5.41, 5.74) is -2.70. The van der Waals surface area contributed by atoms with E-state index in [0.29, 0.717) is 77.0 Å². The number of hydrogen-bond donors (Lipinski definition) is 2. The number of ketones is 3. The minimum absolute atomic E-state index is 0.0152. The van der Waals surface area contributed by atoms with Crippen molar-refractivity contribution in [2.45, 2.75) is 155 Å². The van der Waals surface area contributed by atoms with Crippen LogP contribution in [0.4, 0.5) is 17.6 Å². The summed E-state index contributed by atoms with van der Waals surface area (Å²) in [6.45, 7) is 15.5. The molecule has 0 saturated heterocycles. The van der Waals surface area contributed by atoms with E-state index in [9.17, 15) is 50.0 Å². The van der Waals surface area contributed by atoms with E-state index in [1.807, 2.05) is 62.4 Å². The third-order valence-electron chi connectivity index (χ3n) is 19.9. The number of fused-ring (bicyclic) bond motifs is 2. The molecule has 10 aliphatic rings. The van der Waals surface area contributed by atoms with Crippen molar-refractivity contribution >= 4 is 39.4 Å². The summed E-state index contributed by atoms with van der Waals surface area (Å²) in [7, 11) is 2.68. The molecule has 10 bridgehead atoms. The molecule has 0 amide bonds. The van der Waals surface area contributed by atoms with Gasteiger partial charge in [-0.15, -0.1) is 0 Å². The first-order valence-corrected chi connectivity index (χ1v) is 37.7. The van der Waals surface area contributed by atoms with Gasteiger partial charge in [-0.3, -0.25) is 18.9 Å².